The lowest BCUT2D eigenvalue weighted by Crippen LogP contribution is -2.16. The summed E-state index contributed by atoms with van der Waals surface area (Å²) >= 11 is 0. The summed E-state index contributed by atoms with van der Waals surface area (Å²) in [6.07, 6.45) is 0.821. The number of benzene rings is 1. The number of fused-ring (bicyclic) bond motifs is 1. The van der Waals surface area contributed by atoms with Gasteiger partial charge in [0.05, 0.1) is 5.52 Å². The fraction of sp³-hybridized carbons (Fsp3) is 0.333. The van der Waals surface area contributed by atoms with Gasteiger partial charge < -0.3 is 10.6 Å². The number of hydrogen-bond donors (Lipinski definition) is 1. The molecule has 1 heterocycles. The highest BCUT2D eigenvalue weighted by Gasteiger charge is 2.04. The molecule has 0 spiro atoms. The summed E-state index contributed by atoms with van der Waals surface area (Å²) in [5.41, 5.74) is 6.82. The zero-order valence-corrected chi connectivity index (χ0v) is 9.64. The van der Waals surface area contributed by atoms with Crippen LogP contribution in [-0.2, 0) is 6.42 Å². The summed E-state index contributed by atoms with van der Waals surface area (Å²) in [5, 5.41) is 0.927. The highest BCUT2D eigenvalue weighted by atomic mass is 15.1. The molecular formula is C12H16N4. The Bertz CT molecular complexity index is 493. The van der Waals surface area contributed by atoms with Crippen LogP contribution >= 0.6 is 0 Å². The molecule has 4 heteroatoms. The summed E-state index contributed by atoms with van der Waals surface area (Å²) < 4.78 is 0. The van der Waals surface area contributed by atoms with Crippen LogP contribution < -0.4 is 5.73 Å². The molecule has 84 valence electrons. The highest BCUT2D eigenvalue weighted by Crippen LogP contribution is 2.16. The van der Waals surface area contributed by atoms with Crippen LogP contribution in [0.3, 0.4) is 0 Å². The van der Waals surface area contributed by atoms with Crippen molar-refractivity contribution in [3.05, 3.63) is 30.1 Å². The van der Waals surface area contributed by atoms with Gasteiger partial charge in [-0.2, -0.15) is 0 Å². The molecule has 1 aromatic heterocycles. The molecule has 0 bridgehead atoms. The van der Waals surface area contributed by atoms with E-state index < -0.39 is 0 Å². The van der Waals surface area contributed by atoms with Crippen molar-refractivity contribution < 1.29 is 0 Å². The van der Waals surface area contributed by atoms with E-state index in [1.807, 2.05) is 38.4 Å². The van der Waals surface area contributed by atoms with E-state index in [4.69, 9.17) is 5.73 Å². The summed E-state index contributed by atoms with van der Waals surface area (Å²) in [5.74, 6) is 1.38. The van der Waals surface area contributed by atoms with Crippen LogP contribution in [0.15, 0.2) is 24.3 Å². The van der Waals surface area contributed by atoms with Crippen LogP contribution in [0, 0.1) is 0 Å². The molecule has 0 saturated heterocycles. The molecule has 0 radical (unpaired) electrons. The number of likely N-dealkylation sites (N-methyl/N-ethyl adjacent to an activating group) is 1. The van der Waals surface area contributed by atoms with E-state index in [1.165, 1.54) is 0 Å². The van der Waals surface area contributed by atoms with Gasteiger partial charge >= 0.3 is 0 Å². The van der Waals surface area contributed by atoms with Crippen LogP contribution in [0.4, 0.5) is 5.82 Å². The van der Waals surface area contributed by atoms with E-state index in [-0.39, 0.29) is 0 Å². The van der Waals surface area contributed by atoms with E-state index in [1.54, 1.807) is 0 Å². The number of rotatable bonds is 3. The molecule has 0 aliphatic carbocycles. The molecule has 1 aromatic carbocycles. The summed E-state index contributed by atoms with van der Waals surface area (Å²) in [6, 6.07) is 7.82. The molecule has 2 aromatic rings. The van der Waals surface area contributed by atoms with Crippen molar-refractivity contribution >= 4 is 16.7 Å². The quantitative estimate of drug-likeness (QED) is 0.840. The monoisotopic (exact) mass is 216 g/mol. The first-order valence-electron chi connectivity index (χ1n) is 5.32. The van der Waals surface area contributed by atoms with Gasteiger partial charge in [0.15, 0.2) is 0 Å². The van der Waals surface area contributed by atoms with Gasteiger partial charge in [0.25, 0.3) is 0 Å². The van der Waals surface area contributed by atoms with E-state index >= 15 is 0 Å². The van der Waals surface area contributed by atoms with Crippen LogP contribution in [-0.4, -0.2) is 35.5 Å². The normalized spacial score (nSPS) is 11.2. The Balaban J connectivity index is 2.34. The average molecular weight is 216 g/mol. The smallest absolute Gasteiger partial charge is 0.135 e. The minimum atomic E-state index is 0.569. The lowest BCUT2D eigenvalue weighted by molar-refractivity contribution is 0.410. The maximum atomic E-state index is 5.90. The lowest BCUT2D eigenvalue weighted by atomic mass is 10.2. The third-order valence-electron chi connectivity index (χ3n) is 2.46. The number of nitrogens with zero attached hydrogens (tertiary/aromatic N) is 3. The zero-order chi connectivity index (χ0) is 11.5. The van der Waals surface area contributed by atoms with Crippen LogP contribution in [0.5, 0.6) is 0 Å². The van der Waals surface area contributed by atoms with Crippen molar-refractivity contribution in [3.8, 4) is 0 Å². The molecule has 0 atom stereocenters. The maximum Gasteiger partial charge on any atom is 0.135 e. The van der Waals surface area contributed by atoms with E-state index in [0.29, 0.717) is 5.82 Å². The largest absolute Gasteiger partial charge is 0.383 e. The van der Waals surface area contributed by atoms with E-state index in [9.17, 15) is 0 Å². The lowest BCUT2D eigenvalue weighted by Gasteiger charge is -2.09. The predicted octanol–water partition coefficient (Wildman–Crippen LogP) is 1.32. The molecular weight excluding hydrogens is 200 g/mol. The molecule has 2 rings (SSSR count). The van der Waals surface area contributed by atoms with Gasteiger partial charge in [-0.1, -0.05) is 12.1 Å². The Morgan fingerprint density at radius 1 is 1.19 bits per heavy atom. The Hall–Kier alpha value is -1.68. The van der Waals surface area contributed by atoms with Crippen LogP contribution in [0.25, 0.3) is 10.9 Å². The molecule has 0 aliphatic rings. The second kappa shape index (κ2) is 4.45. The topological polar surface area (TPSA) is 55.0 Å². The Morgan fingerprint density at radius 2 is 1.94 bits per heavy atom. The number of nitrogen functional groups attached to an aromatic ring is 1. The standard InChI is InChI=1S/C12H16N4/c1-16(2)8-7-11-14-10-6-4-3-5-9(10)12(13)15-11/h3-6H,7-8H2,1-2H3,(H2,13,14,15). The Labute approximate surface area is 95.1 Å². The fourth-order valence-corrected chi connectivity index (χ4v) is 1.59. The summed E-state index contributed by atoms with van der Waals surface area (Å²) in [4.78, 5) is 10.9. The van der Waals surface area contributed by atoms with Crippen molar-refractivity contribution in [2.45, 2.75) is 6.42 Å². The maximum absolute atomic E-state index is 5.90. The highest BCUT2D eigenvalue weighted by molar-refractivity contribution is 5.87. The molecule has 16 heavy (non-hydrogen) atoms. The molecule has 2 N–H and O–H groups in total. The van der Waals surface area contributed by atoms with Gasteiger partial charge in [-0.05, 0) is 26.2 Å². The van der Waals surface area contributed by atoms with Crippen LogP contribution in [0.1, 0.15) is 5.82 Å². The molecule has 0 amide bonds. The average Bonchev–Trinajstić information content (AvgIpc) is 2.26. The third kappa shape index (κ3) is 2.28. The molecule has 0 aliphatic heterocycles. The van der Waals surface area contributed by atoms with Gasteiger partial charge in [-0.15, -0.1) is 0 Å². The van der Waals surface area contributed by atoms with Gasteiger partial charge in [0, 0.05) is 18.4 Å². The number of anilines is 1. The second-order valence-electron chi connectivity index (χ2n) is 4.10. The summed E-state index contributed by atoms with van der Waals surface area (Å²) in [6.45, 7) is 0.928. The fourth-order valence-electron chi connectivity index (χ4n) is 1.59. The number of aromatic nitrogens is 2. The molecule has 0 fully saturated rings. The molecule has 4 nitrogen and oxygen atoms in total. The second-order valence-corrected chi connectivity index (χ2v) is 4.10. The first kappa shape index (κ1) is 10.8. The van der Waals surface area contributed by atoms with Gasteiger partial charge in [0.1, 0.15) is 11.6 Å². The van der Waals surface area contributed by atoms with E-state index in [0.717, 1.165) is 29.7 Å². The zero-order valence-electron chi connectivity index (χ0n) is 9.64. The minimum absolute atomic E-state index is 0.569. The Kier molecular flexibility index (Phi) is 3.01. The van der Waals surface area contributed by atoms with Crippen molar-refractivity contribution in [2.75, 3.05) is 26.4 Å². The van der Waals surface area contributed by atoms with Gasteiger partial charge in [0.2, 0.25) is 0 Å². The molecule has 0 unspecified atom stereocenters. The van der Waals surface area contributed by atoms with Crippen molar-refractivity contribution in [3.63, 3.8) is 0 Å². The van der Waals surface area contributed by atoms with Crippen LogP contribution in [0.2, 0.25) is 0 Å². The van der Waals surface area contributed by atoms with Gasteiger partial charge in [-0.25, -0.2) is 9.97 Å². The summed E-state index contributed by atoms with van der Waals surface area (Å²) in [7, 11) is 4.06. The SMILES string of the molecule is CN(C)CCc1nc(N)c2ccccc2n1. The number of hydrogen-bond acceptors (Lipinski definition) is 4. The van der Waals surface area contributed by atoms with Gasteiger partial charge in [-0.3, -0.25) is 0 Å². The predicted molar refractivity (Wildman–Crippen MR) is 66.2 cm³/mol. The Morgan fingerprint density at radius 3 is 2.69 bits per heavy atom. The van der Waals surface area contributed by atoms with Crippen molar-refractivity contribution in [1.29, 1.82) is 0 Å². The van der Waals surface area contributed by atoms with E-state index in [2.05, 4.69) is 14.9 Å². The number of nitrogens with two attached hydrogens (primary N) is 1. The van der Waals surface area contributed by atoms with Crippen molar-refractivity contribution in [2.24, 2.45) is 0 Å². The van der Waals surface area contributed by atoms with Crippen molar-refractivity contribution in [1.82, 2.24) is 14.9 Å². The first-order chi connectivity index (χ1) is 7.66. The minimum Gasteiger partial charge on any atom is -0.383 e. The number of para-hydroxylation sites is 1. The first-order valence-corrected chi connectivity index (χ1v) is 5.32. The third-order valence-corrected chi connectivity index (χ3v) is 2.46. The molecule has 0 saturated carbocycles.